The molecule has 0 aliphatic rings. The zero-order chi connectivity index (χ0) is 29.7. The van der Waals surface area contributed by atoms with Crippen molar-refractivity contribution in [2.45, 2.75) is 39.5 Å². The van der Waals surface area contributed by atoms with Crippen molar-refractivity contribution in [2.75, 3.05) is 11.8 Å². The van der Waals surface area contributed by atoms with Crippen LogP contribution in [0.3, 0.4) is 0 Å². The van der Waals surface area contributed by atoms with E-state index in [0.717, 1.165) is 49.4 Å². The van der Waals surface area contributed by atoms with Gasteiger partial charge in [0.2, 0.25) is 0 Å². The van der Waals surface area contributed by atoms with Gasteiger partial charge in [-0.05, 0) is 65.9 Å². The average molecular weight is 564 g/mol. The quantitative estimate of drug-likeness (QED) is 0.201. The number of methoxy groups -OCH3 is 1. The van der Waals surface area contributed by atoms with Gasteiger partial charge >= 0.3 is 0 Å². The van der Waals surface area contributed by atoms with Crippen molar-refractivity contribution < 1.29 is 13.2 Å². The molecule has 0 atom stereocenters. The van der Waals surface area contributed by atoms with Crippen LogP contribution >= 0.6 is 0 Å². The summed E-state index contributed by atoms with van der Waals surface area (Å²) >= 11 is 0. The molecule has 5 rings (SSSR count). The Bertz CT molecular complexity index is 1890. The highest BCUT2D eigenvalue weighted by molar-refractivity contribution is 7.92. The molecule has 0 aliphatic heterocycles. The fourth-order valence-corrected chi connectivity index (χ4v) is 6.46. The van der Waals surface area contributed by atoms with Crippen molar-refractivity contribution in [1.29, 1.82) is 0 Å². The first kappa shape index (κ1) is 29.6. The lowest BCUT2D eigenvalue weighted by molar-refractivity contribution is 0.421. The highest BCUT2D eigenvalue weighted by atomic mass is 32.2. The van der Waals surface area contributed by atoms with E-state index in [1.807, 2.05) is 88.4 Å². The molecule has 41 heavy (non-hydrogen) atoms. The molecule has 0 unspecified atom stereocenters. The Morgan fingerprint density at radius 2 is 1.51 bits per heavy atom. The molecular formula is C36H37NO3S. The molecule has 0 saturated heterocycles. The van der Waals surface area contributed by atoms with Crippen molar-refractivity contribution in [1.82, 2.24) is 0 Å². The number of sulfonamides is 1. The smallest absolute Gasteiger partial charge is 0.262 e. The number of rotatable bonds is 7. The van der Waals surface area contributed by atoms with Crippen LogP contribution in [0.2, 0.25) is 0 Å². The highest BCUT2D eigenvalue weighted by Crippen LogP contribution is 2.45. The summed E-state index contributed by atoms with van der Waals surface area (Å²) in [4.78, 5) is 0.231. The third-order valence-corrected chi connectivity index (χ3v) is 8.52. The topological polar surface area (TPSA) is 55.4 Å². The van der Waals surface area contributed by atoms with E-state index < -0.39 is 10.0 Å². The number of hydrogen-bond donors (Lipinski definition) is 1. The largest absolute Gasteiger partial charge is 0.495 e. The van der Waals surface area contributed by atoms with E-state index in [1.54, 1.807) is 19.2 Å². The summed E-state index contributed by atoms with van der Waals surface area (Å²) in [6.45, 7) is 13.7. The number of nitrogens with one attached hydrogen (secondary N) is 1. The van der Waals surface area contributed by atoms with Gasteiger partial charge in [-0.2, -0.15) is 0 Å². The number of hydrogen-bond acceptors (Lipinski definition) is 3. The Hall–Kier alpha value is -4.35. The molecule has 5 aromatic carbocycles. The summed E-state index contributed by atoms with van der Waals surface area (Å²) in [6, 6.07) is 27.3. The van der Waals surface area contributed by atoms with Gasteiger partial charge in [0.15, 0.2) is 0 Å². The normalized spacial score (nSPS) is 11.4. The maximum Gasteiger partial charge on any atom is 0.262 e. The molecule has 0 bridgehead atoms. The van der Waals surface area contributed by atoms with E-state index in [9.17, 15) is 8.42 Å². The van der Waals surface area contributed by atoms with Gasteiger partial charge in [0.25, 0.3) is 10.0 Å². The monoisotopic (exact) mass is 563 g/mol. The van der Waals surface area contributed by atoms with Gasteiger partial charge in [0.1, 0.15) is 5.75 Å². The van der Waals surface area contributed by atoms with Crippen LogP contribution < -0.4 is 9.46 Å². The molecule has 0 heterocycles. The fraction of sp³-hybridized carbons (Fsp3) is 0.167. The Kier molecular flexibility index (Phi) is 8.99. The van der Waals surface area contributed by atoms with Crippen molar-refractivity contribution in [3.8, 4) is 16.9 Å². The summed E-state index contributed by atoms with van der Waals surface area (Å²) in [5, 5.41) is 3.77. The third-order valence-electron chi connectivity index (χ3n) is 7.01. The Morgan fingerprint density at radius 3 is 2.20 bits per heavy atom. The molecule has 0 spiro atoms. The van der Waals surface area contributed by atoms with Gasteiger partial charge in [0, 0.05) is 16.3 Å². The van der Waals surface area contributed by atoms with Crippen molar-refractivity contribution >= 4 is 43.3 Å². The van der Waals surface area contributed by atoms with Crippen molar-refractivity contribution in [3.05, 3.63) is 120 Å². The average Bonchev–Trinajstić information content (AvgIpc) is 2.97. The van der Waals surface area contributed by atoms with Crippen molar-refractivity contribution in [3.63, 3.8) is 0 Å². The van der Waals surface area contributed by atoms with Gasteiger partial charge in [-0.15, -0.1) is 0 Å². The summed E-state index contributed by atoms with van der Waals surface area (Å²) in [5.41, 5.74) is 5.80. The first-order chi connectivity index (χ1) is 19.7. The minimum Gasteiger partial charge on any atom is -0.495 e. The van der Waals surface area contributed by atoms with Crippen molar-refractivity contribution in [2.24, 2.45) is 0 Å². The van der Waals surface area contributed by atoms with E-state index in [4.69, 9.17) is 4.74 Å². The predicted octanol–water partition coefficient (Wildman–Crippen LogP) is 9.70. The Labute approximate surface area is 244 Å². The molecular weight excluding hydrogens is 526 g/mol. The SMILES string of the molecule is C=C(C)/C=C\c1cccc(S(=O)(=O)Nc2cc(-c3c(C)ccc4ccccc34)c(OC)c3ccccc23)c1C.CC. The number of ether oxygens (including phenoxy) is 1. The highest BCUT2D eigenvalue weighted by Gasteiger charge is 2.23. The molecule has 5 heteroatoms. The molecule has 4 nitrogen and oxygen atoms in total. The van der Waals surface area contributed by atoms with Gasteiger partial charge < -0.3 is 4.74 Å². The van der Waals surface area contributed by atoms with E-state index in [1.165, 1.54) is 0 Å². The summed E-state index contributed by atoms with van der Waals surface area (Å²) in [7, 11) is -2.26. The predicted molar refractivity (Wildman–Crippen MR) is 175 cm³/mol. The maximum absolute atomic E-state index is 13.9. The van der Waals surface area contributed by atoms with Gasteiger partial charge in [-0.3, -0.25) is 4.72 Å². The second-order valence-corrected chi connectivity index (χ2v) is 11.4. The minimum atomic E-state index is -3.91. The lowest BCUT2D eigenvalue weighted by Crippen LogP contribution is -2.15. The molecule has 0 amide bonds. The number of anilines is 1. The maximum atomic E-state index is 13.9. The molecule has 0 radical (unpaired) electrons. The van der Waals surface area contributed by atoms with Crippen LogP contribution in [0, 0.1) is 13.8 Å². The summed E-state index contributed by atoms with van der Waals surface area (Å²) in [5.74, 6) is 0.705. The molecule has 0 saturated carbocycles. The summed E-state index contributed by atoms with van der Waals surface area (Å²) < 4.78 is 36.6. The van der Waals surface area contributed by atoms with Crippen LogP contribution in [-0.2, 0) is 10.0 Å². The first-order valence-electron chi connectivity index (χ1n) is 13.8. The van der Waals surface area contributed by atoms with E-state index in [0.29, 0.717) is 17.0 Å². The number of allylic oxidation sites excluding steroid dienone is 2. The van der Waals surface area contributed by atoms with Crippen LogP contribution in [0.1, 0.15) is 37.5 Å². The standard InChI is InChI=1S/C34H31NO3S.C2H6/c1-22(2)17-19-25-12-10-16-32(24(25)4)39(36,37)35-31-21-30(34(38-5)29-15-9-8-14-28(29)31)33-23(3)18-20-26-11-6-7-13-27(26)33;1-2/h6-21,35H,1H2,2-5H3;1-2H3/b19-17-;. The van der Waals surface area contributed by atoms with Crippen LogP contribution in [0.5, 0.6) is 5.75 Å². The number of fused-ring (bicyclic) bond motifs is 2. The van der Waals surface area contributed by atoms with Crippen LogP contribution in [0.4, 0.5) is 5.69 Å². The molecule has 210 valence electrons. The number of benzene rings is 5. The van der Waals surface area contributed by atoms with Crippen LogP contribution in [0.15, 0.2) is 108 Å². The number of aryl methyl sites for hydroxylation is 1. The zero-order valence-corrected chi connectivity index (χ0v) is 25.4. The first-order valence-corrected chi connectivity index (χ1v) is 15.2. The minimum absolute atomic E-state index is 0.231. The fourth-order valence-electron chi connectivity index (χ4n) is 5.11. The van der Waals surface area contributed by atoms with E-state index in [2.05, 4.69) is 42.5 Å². The lowest BCUT2D eigenvalue weighted by atomic mass is 9.91. The van der Waals surface area contributed by atoms with E-state index >= 15 is 0 Å². The molecule has 5 aromatic rings. The Balaban J connectivity index is 0.00000189. The van der Waals surface area contributed by atoms with Crippen LogP contribution in [0.25, 0.3) is 38.7 Å². The lowest BCUT2D eigenvalue weighted by Gasteiger charge is -2.20. The third kappa shape index (κ3) is 5.91. The second kappa shape index (κ2) is 12.4. The van der Waals surface area contributed by atoms with E-state index in [-0.39, 0.29) is 4.90 Å². The molecule has 0 aromatic heterocycles. The molecule has 0 fully saturated rings. The summed E-state index contributed by atoms with van der Waals surface area (Å²) in [6.07, 6.45) is 3.77. The van der Waals surface area contributed by atoms with Gasteiger partial charge in [-0.1, -0.05) is 111 Å². The van der Waals surface area contributed by atoms with Gasteiger partial charge in [0.05, 0.1) is 17.7 Å². The Morgan fingerprint density at radius 1 is 0.854 bits per heavy atom. The molecule has 0 aliphatic carbocycles. The second-order valence-electron chi connectivity index (χ2n) is 9.78. The zero-order valence-electron chi connectivity index (χ0n) is 24.6. The van der Waals surface area contributed by atoms with Gasteiger partial charge in [-0.25, -0.2) is 8.42 Å². The van der Waals surface area contributed by atoms with Crippen LogP contribution in [-0.4, -0.2) is 15.5 Å². The molecule has 1 N–H and O–H groups in total.